The highest BCUT2D eigenvalue weighted by atomic mass is 127. The molecule has 1 atom stereocenters. The third-order valence-corrected chi connectivity index (χ3v) is 6.38. The van der Waals surface area contributed by atoms with Crippen LogP contribution >= 0.6 is 24.0 Å². The Morgan fingerprint density at radius 2 is 1.81 bits per heavy atom. The molecule has 31 heavy (non-hydrogen) atoms. The number of nitrogens with zero attached hydrogens (tertiary/aromatic N) is 3. The van der Waals surface area contributed by atoms with Gasteiger partial charge >= 0.3 is 6.18 Å². The minimum absolute atomic E-state index is 0. The summed E-state index contributed by atoms with van der Waals surface area (Å²) in [6.45, 7) is 5.62. The van der Waals surface area contributed by atoms with Gasteiger partial charge in [0.1, 0.15) is 6.04 Å². The van der Waals surface area contributed by atoms with Crippen molar-refractivity contribution in [2.75, 3.05) is 39.8 Å². The summed E-state index contributed by atoms with van der Waals surface area (Å²) in [6.07, 6.45) is -4.23. The standard InChI is InChI=1S/C19H30F3N5O2S.HI/c1-4-24-18(27-10-8-26(9-11-27)15(2)19(20,21)22)25-13-16-6-5-7-17(12-16)14-30(28,29)23-3;/h5-7,12,15,23H,4,8-11,13-14H2,1-3H3,(H,24,25);1H. The van der Waals surface area contributed by atoms with Crippen molar-refractivity contribution in [3.05, 3.63) is 35.4 Å². The fraction of sp³-hybridized carbons (Fsp3) is 0.632. The average molecular weight is 577 g/mol. The minimum atomic E-state index is -4.23. The predicted molar refractivity (Wildman–Crippen MR) is 127 cm³/mol. The van der Waals surface area contributed by atoms with E-state index in [4.69, 9.17) is 0 Å². The van der Waals surface area contributed by atoms with Gasteiger partial charge in [0, 0.05) is 32.7 Å². The van der Waals surface area contributed by atoms with Crippen LogP contribution in [-0.4, -0.2) is 76.2 Å². The van der Waals surface area contributed by atoms with Gasteiger partial charge in [-0.25, -0.2) is 18.1 Å². The molecule has 1 aliphatic heterocycles. The first-order chi connectivity index (χ1) is 14.1. The molecule has 1 aliphatic rings. The monoisotopic (exact) mass is 577 g/mol. The third-order valence-electron chi connectivity index (χ3n) is 5.04. The quantitative estimate of drug-likeness (QED) is 0.296. The number of alkyl halides is 3. The molecule has 0 radical (unpaired) electrons. The molecule has 2 rings (SSSR count). The number of sulfonamides is 1. The van der Waals surface area contributed by atoms with Crippen LogP contribution in [0.15, 0.2) is 29.3 Å². The van der Waals surface area contributed by atoms with Gasteiger partial charge in [-0.15, -0.1) is 24.0 Å². The number of guanidine groups is 1. The van der Waals surface area contributed by atoms with Gasteiger partial charge < -0.3 is 10.2 Å². The first-order valence-electron chi connectivity index (χ1n) is 9.88. The Morgan fingerprint density at radius 1 is 1.19 bits per heavy atom. The van der Waals surface area contributed by atoms with E-state index in [0.29, 0.717) is 50.8 Å². The summed E-state index contributed by atoms with van der Waals surface area (Å²) in [7, 11) is -1.98. The van der Waals surface area contributed by atoms with E-state index in [1.807, 2.05) is 17.9 Å². The summed E-state index contributed by atoms with van der Waals surface area (Å²) < 4.78 is 64.6. The second kappa shape index (κ2) is 12.2. The zero-order valence-corrected chi connectivity index (χ0v) is 21.1. The van der Waals surface area contributed by atoms with Crippen LogP contribution in [0.1, 0.15) is 25.0 Å². The molecular formula is C19H31F3IN5O2S. The Balaban J connectivity index is 0.00000480. The molecule has 2 N–H and O–H groups in total. The summed E-state index contributed by atoms with van der Waals surface area (Å²) >= 11 is 0. The van der Waals surface area contributed by atoms with Gasteiger partial charge in [-0.3, -0.25) is 4.90 Å². The van der Waals surface area contributed by atoms with Crippen molar-refractivity contribution in [1.29, 1.82) is 0 Å². The van der Waals surface area contributed by atoms with Gasteiger partial charge in [-0.1, -0.05) is 24.3 Å². The normalized spacial score (nSPS) is 17.2. The second-order valence-electron chi connectivity index (χ2n) is 7.19. The molecule has 1 heterocycles. The summed E-state index contributed by atoms with van der Waals surface area (Å²) in [6, 6.07) is 5.73. The van der Waals surface area contributed by atoms with Gasteiger partial charge in [0.25, 0.3) is 0 Å². The number of benzene rings is 1. The van der Waals surface area contributed by atoms with Crippen LogP contribution in [-0.2, 0) is 22.3 Å². The highest BCUT2D eigenvalue weighted by molar-refractivity contribution is 14.0. The molecule has 0 spiro atoms. The number of nitrogens with one attached hydrogen (secondary N) is 2. The summed E-state index contributed by atoms with van der Waals surface area (Å²) in [5, 5.41) is 3.19. The maximum atomic E-state index is 12.9. The maximum Gasteiger partial charge on any atom is 0.403 e. The minimum Gasteiger partial charge on any atom is -0.357 e. The first kappa shape index (κ1) is 27.9. The van der Waals surface area contributed by atoms with Crippen molar-refractivity contribution in [1.82, 2.24) is 19.8 Å². The van der Waals surface area contributed by atoms with E-state index in [-0.39, 0.29) is 29.7 Å². The van der Waals surface area contributed by atoms with E-state index in [1.54, 1.807) is 18.2 Å². The highest BCUT2D eigenvalue weighted by Crippen LogP contribution is 2.25. The van der Waals surface area contributed by atoms with Crippen molar-refractivity contribution < 1.29 is 21.6 Å². The molecule has 1 saturated heterocycles. The fourth-order valence-electron chi connectivity index (χ4n) is 3.23. The SMILES string of the molecule is CCNC(=NCc1cccc(CS(=O)(=O)NC)c1)N1CCN(C(C)C(F)(F)F)CC1.I. The molecule has 0 aromatic heterocycles. The Labute approximate surface area is 199 Å². The lowest BCUT2D eigenvalue weighted by atomic mass is 10.1. The van der Waals surface area contributed by atoms with Gasteiger partial charge in [0.05, 0.1) is 12.3 Å². The molecular weight excluding hydrogens is 546 g/mol. The number of aliphatic imine (C=N–C) groups is 1. The Bertz CT molecular complexity index is 828. The highest BCUT2D eigenvalue weighted by Gasteiger charge is 2.41. The van der Waals surface area contributed by atoms with Crippen molar-refractivity contribution in [2.24, 2.45) is 4.99 Å². The Kier molecular flexibility index (Phi) is 11.0. The molecule has 1 unspecified atom stereocenters. The predicted octanol–water partition coefficient (Wildman–Crippen LogP) is 2.39. The largest absolute Gasteiger partial charge is 0.403 e. The number of hydrogen-bond donors (Lipinski definition) is 2. The van der Waals surface area contributed by atoms with E-state index >= 15 is 0 Å². The molecule has 0 aliphatic carbocycles. The van der Waals surface area contributed by atoms with Crippen LogP contribution in [0, 0.1) is 0 Å². The molecule has 0 saturated carbocycles. The zero-order chi connectivity index (χ0) is 22.4. The van der Waals surface area contributed by atoms with Crippen LogP contribution in [0.4, 0.5) is 13.2 Å². The van der Waals surface area contributed by atoms with Crippen molar-refractivity contribution in [2.45, 2.75) is 38.4 Å². The van der Waals surface area contributed by atoms with Gasteiger partial charge in [0.2, 0.25) is 10.0 Å². The summed E-state index contributed by atoms with van der Waals surface area (Å²) in [4.78, 5) is 8.00. The molecule has 12 heteroatoms. The van der Waals surface area contributed by atoms with Crippen LogP contribution in [0.2, 0.25) is 0 Å². The van der Waals surface area contributed by atoms with Crippen LogP contribution in [0.5, 0.6) is 0 Å². The lowest BCUT2D eigenvalue weighted by molar-refractivity contribution is -0.181. The number of halogens is 4. The van der Waals surface area contributed by atoms with Crippen LogP contribution in [0.25, 0.3) is 0 Å². The van der Waals surface area contributed by atoms with Crippen molar-refractivity contribution in [3.8, 4) is 0 Å². The molecule has 1 aromatic rings. The van der Waals surface area contributed by atoms with Gasteiger partial charge in [-0.2, -0.15) is 13.2 Å². The summed E-state index contributed by atoms with van der Waals surface area (Å²) in [5.41, 5.74) is 1.52. The fourth-order valence-corrected chi connectivity index (χ4v) is 3.99. The van der Waals surface area contributed by atoms with E-state index in [2.05, 4.69) is 15.0 Å². The molecule has 0 bridgehead atoms. The lowest BCUT2D eigenvalue weighted by Gasteiger charge is -2.39. The van der Waals surface area contributed by atoms with Gasteiger partial charge in [0.15, 0.2) is 5.96 Å². The molecule has 1 aromatic carbocycles. The van der Waals surface area contributed by atoms with E-state index in [1.165, 1.54) is 18.9 Å². The first-order valence-corrected chi connectivity index (χ1v) is 11.5. The Morgan fingerprint density at radius 3 is 2.35 bits per heavy atom. The van der Waals surface area contributed by atoms with E-state index < -0.39 is 22.2 Å². The number of rotatable bonds is 7. The van der Waals surface area contributed by atoms with E-state index in [9.17, 15) is 21.6 Å². The van der Waals surface area contributed by atoms with E-state index in [0.717, 1.165) is 5.56 Å². The zero-order valence-electron chi connectivity index (χ0n) is 17.9. The van der Waals surface area contributed by atoms with Crippen LogP contribution < -0.4 is 10.0 Å². The second-order valence-corrected chi connectivity index (χ2v) is 9.12. The molecule has 178 valence electrons. The average Bonchev–Trinajstić information content (AvgIpc) is 2.70. The molecule has 1 fully saturated rings. The third kappa shape index (κ3) is 8.73. The Hall–Kier alpha value is -1.12. The summed E-state index contributed by atoms with van der Waals surface area (Å²) in [5.74, 6) is 0.533. The van der Waals surface area contributed by atoms with Crippen molar-refractivity contribution >= 4 is 40.0 Å². The lowest BCUT2D eigenvalue weighted by Crippen LogP contribution is -2.56. The topological polar surface area (TPSA) is 77.0 Å². The van der Waals surface area contributed by atoms with Crippen LogP contribution in [0.3, 0.4) is 0 Å². The van der Waals surface area contributed by atoms with Crippen molar-refractivity contribution in [3.63, 3.8) is 0 Å². The maximum absolute atomic E-state index is 12.9. The number of hydrogen-bond acceptors (Lipinski definition) is 4. The smallest absolute Gasteiger partial charge is 0.357 e. The molecule has 7 nitrogen and oxygen atoms in total. The molecule has 0 amide bonds. The number of piperazine rings is 1. The van der Waals surface area contributed by atoms with Gasteiger partial charge in [-0.05, 0) is 32.0 Å².